The first-order valence-electron chi connectivity index (χ1n) is 7.12. The molecule has 0 amide bonds. The minimum absolute atomic E-state index is 0.453. The Morgan fingerprint density at radius 3 is 2.35 bits per heavy atom. The van der Waals surface area contributed by atoms with E-state index in [1.54, 1.807) is 0 Å². The molecular weight excluding hydrogens is 246 g/mol. The summed E-state index contributed by atoms with van der Waals surface area (Å²) in [6.07, 6.45) is 0. The van der Waals surface area contributed by atoms with Gasteiger partial charge in [-0.2, -0.15) is 0 Å². The second-order valence-corrected chi connectivity index (χ2v) is 5.47. The molecule has 2 aromatic rings. The molecule has 0 aromatic heterocycles. The molecule has 0 aliphatic rings. The average molecular weight is 269 g/mol. The Labute approximate surface area is 121 Å². The molecule has 0 saturated carbocycles. The molecule has 2 heteroatoms. The number of nitrogens with one attached hydrogen (secondary N) is 1. The maximum atomic E-state index is 6.06. The summed E-state index contributed by atoms with van der Waals surface area (Å²) in [7, 11) is 1.95. The van der Waals surface area contributed by atoms with Gasteiger partial charge in [0.15, 0.2) is 0 Å². The lowest BCUT2D eigenvalue weighted by atomic mass is 10.0. The lowest BCUT2D eigenvalue weighted by Gasteiger charge is -2.15. The molecule has 0 spiro atoms. The lowest BCUT2D eigenvalue weighted by molar-refractivity contribution is 0.472. The van der Waals surface area contributed by atoms with E-state index in [0.29, 0.717) is 5.92 Å². The molecule has 0 saturated heterocycles. The Kier molecular flexibility index (Phi) is 4.80. The first-order chi connectivity index (χ1) is 9.60. The molecule has 0 radical (unpaired) electrons. The normalized spacial score (nSPS) is 10.8. The smallest absolute Gasteiger partial charge is 0.131 e. The molecule has 20 heavy (non-hydrogen) atoms. The van der Waals surface area contributed by atoms with Crippen LogP contribution in [0.25, 0.3) is 0 Å². The topological polar surface area (TPSA) is 21.3 Å². The molecular formula is C18H23NO. The van der Waals surface area contributed by atoms with E-state index in [-0.39, 0.29) is 0 Å². The van der Waals surface area contributed by atoms with Crippen LogP contribution in [-0.4, -0.2) is 7.05 Å². The van der Waals surface area contributed by atoms with E-state index in [2.05, 4.69) is 56.4 Å². The number of hydrogen-bond acceptors (Lipinski definition) is 2. The summed E-state index contributed by atoms with van der Waals surface area (Å²) in [5.74, 6) is 2.30. The van der Waals surface area contributed by atoms with Gasteiger partial charge in [0.05, 0.1) is 0 Å². The van der Waals surface area contributed by atoms with Crippen LogP contribution in [0.3, 0.4) is 0 Å². The fraction of sp³-hybridized carbons (Fsp3) is 0.333. The number of hydrogen-bond donors (Lipinski definition) is 1. The summed E-state index contributed by atoms with van der Waals surface area (Å²) in [5, 5.41) is 3.14. The maximum absolute atomic E-state index is 6.06. The van der Waals surface area contributed by atoms with E-state index < -0.39 is 0 Å². The van der Waals surface area contributed by atoms with Crippen molar-refractivity contribution in [3.63, 3.8) is 0 Å². The first-order valence-corrected chi connectivity index (χ1v) is 7.12. The lowest BCUT2D eigenvalue weighted by Crippen LogP contribution is -2.04. The fourth-order valence-corrected chi connectivity index (χ4v) is 2.21. The Morgan fingerprint density at radius 2 is 1.75 bits per heavy atom. The number of rotatable bonds is 5. The SMILES string of the molecule is CNCc1ccc(Oc2cc(C)ccc2C(C)C)cc1. The van der Waals surface area contributed by atoms with Gasteiger partial charge in [0.2, 0.25) is 0 Å². The van der Waals surface area contributed by atoms with Crippen molar-refractivity contribution in [1.29, 1.82) is 0 Å². The molecule has 0 unspecified atom stereocenters. The molecule has 0 bridgehead atoms. The van der Waals surface area contributed by atoms with Crippen LogP contribution >= 0.6 is 0 Å². The van der Waals surface area contributed by atoms with Crippen LogP contribution in [0.5, 0.6) is 11.5 Å². The first kappa shape index (κ1) is 14.6. The van der Waals surface area contributed by atoms with Gasteiger partial charge in [0.25, 0.3) is 0 Å². The van der Waals surface area contributed by atoms with Gasteiger partial charge in [0.1, 0.15) is 11.5 Å². The summed E-state index contributed by atoms with van der Waals surface area (Å²) >= 11 is 0. The van der Waals surface area contributed by atoms with Crippen LogP contribution in [0.4, 0.5) is 0 Å². The van der Waals surface area contributed by atoms with Crippen LogP contribution < -0.4 is 10.1 Å². The number of benzene rings is 2. The van der Waals surface area contributed by atoms with Crippen LogP contribution in [0.2, 0.25) is 0 Å². The molecule has 2 aromatic carbocycles. The van der Waals surface area contributed by atoms with Gasteiger partial charge in [-0.25, -0.2) is 0 Å². The Balaban J connectivity index is 2.22. The minimum atomic E-state index is 0.453. The Hall–Kier alpha value is -1.80. The van der Waals surface area contributed by atoms with Crippen molar-refractivity contribution >= 4 is 0 Å². The maximum Gasteiger partial charge on any atom is 0.131 e. The molecule has 2 rings (SSSR count). The van der Waals surface area contributed by atoms with Gasteiger partial charge in [-0.1, -0.05) is 38.1 Å². The Morgan fingerprint density at radius 1 is 1.05 bits per heavy atom. The average Bonchev–Trinajstić information content (AvgIpc) is 2.41. The summed E-state index contributed by atoms with van der Waals surface area (Å²) in [5.41, 5.74) is 3.72. The van der Waals surface area contributed by atoms with Crippen LogP contribution in [0, 0.1) is 6.92 Å². The molecule has 106 valence electrons. The summed E-state index contributed by atoms with van der Waals surface area (Å²) in [4.78, 5) is 0. The molecule has 0 heterocycles. The van der Waals surface area contributed by atoms with Crippen LogP contribution in [0.1, 0.15) is 36.5 Å². The van der Waals surface area contributed by atoms with Crippen molar-refractivity contribution in [3.05, 3.63) is 59.2 Å². The van der Waals surface area contributed by atoms with Gasteiger partial charge in [0, 0.05) is 6.54 Å². The summed E-state index contributed by atoms with van der Waals surface area (Å²) < 4.78 is 6.06. The zero-order chi connectivity index (χ0) is 14.5. The van der Waals surface area contributed by atoms with Crippen molar-refractivity contribution in [2.75, 3.05) is 7.05 Å². The van der Waals surface area contributed by atoms with Crippen molar-refractivity contribution in [3.8, 4) is 11.5 Å². The number of ether oxygens (including phenoxy) is 1. The zero-order valence-electron chi connectivity index (χ0n) is 12.7. The summed E-state index contributed by atoms with van der Waals surface area (Å²) in [6.45, 7) is 7.34. The second-order valence-electron chi connectivity index (χ2n) is 5.47. The standard InChI is InChI=1S/C18H23NO/c1-13(2)17-10-5-14(3)11-18(17)20-16-8-6-15(7-9-16)12-19-4/h5-11,13,19H,12H2,1-4H3. The largest absolute Gasteiger partial charge is 0.457 e. The molecule has 0 aliphatic heterocycles. The van der Waals surface area contributed by atoms with E-state index >= 15 is 0 Å². The minimum Gasteiger partial charge on any atom is -0.457 e. The highest BCUT2D eigenvalue weighted by atomic mass is 16.5. The van der Waals surface area contributed by atoms with Crippen molar-refractivity contribution in [1.82, 2.24) is 5.32 Å². The van der Waals surface area contributed by atoms with Crippen LogP contribution in [-0.2, 0) is 6.54 Å². The predicted molar refractivity (Wildman–Crippen MR) is 84.5 cm³/mol. The molecule has 2 nitrogen and oxygen atoms in total. The highest BCUT2D eigenvalue weighted by Gasteiger charge is 2.09. The fourth-order valence-electron chi connectivity index (χ4n) is 2.21. The van der Waals surface area contributed by atoms with E-state index in [9.17, 15) is 0 Å². The van der Waals surface area contributed by atoms with E-state index in [1.165, 1.54) is 16.7 Å². The zero-order valence-corrected chi connectivity index (χ0v) is 12.7. The van der Waals surface area contributed by atoms with Gasteiger partial charge in [-0.3, -0.25) is 0 Å². The molecule has 0 atom stereocenters. The third-order valence-electron chi connectivity index (χ3n) is 3.32. The second kappa shape index (κ2) is 6.58. The number of aryl methyl sites for hydroxylation is 1. The quantitative estimate of drug-likeness (QED) is 0.854. The van der Waals surface area contributed by atoms with Crippen LogP contribution in [0.15, 0.2) is 42.5 Å². The van der Waals surface area contributed by atoms with Crippen molar-refractivity contribution in [2.45, 2.75) is 33.2 Å². The van der Waals surface area contributed by atoms with E-state index in [4.69, 9.17) is 4.74 Å². The Bertz CT molecular complexity index is 558. The van der Waals surface area contributed by atoms with E-state index in [1.807, 2.05) is 19.2 Å². The molecule has 0 fully saturated rings. The predicted octanol–water partition coefficient (Wildman–Crippen LogP) is 4.63. The van der Waals surface area contributed by atoms with Crippen molar-refractivity contribution < 1.29 is 4.74 Å². The molecule has 1 N–H and O–H groups in total. The molecule has 0 aliphatic carbocycles. The third kappa shape index (κ3) is 3.61. The van der Waals surface area contributed by atoms with Crippen molar-refractivity contribution in [2.24, 2.45) is 0 Å². The summed E-state index contributed by atoms with van der Waals surface area (Å²) in [6, 6.07) is 14.6. The van der Waals surface area contributed by atoms with E-state index in [0.717, 1.165) is 18.0 Å². The van der Waals surface area contributed by atoms with Gasteiger partial charge in [-0.05, 0) is 54.8 Å². The highest BCUT2D eigenvalue weighted by Crippen LogP contribution is 2.31. The highest BCUT2D eigenvalue weighted by molar-refractivity contribution is 5.42. The van der Waals surface area contributed by atoms with Gasteiger partial charge < -0.3 is 10.1 Å². The van der Waals surface area contributed by atoms with Gasteiger partial charge in [-0.15, -0.1) is 0 Å². The monoisotopic (exact) mass is 269 g/mol. The van der Waals surface area contributed by atoms with Gasteiger partial charge >= 0.3 is 0 Å². The third-order valence-corrected chi connectivity index (χ3v) is 3.32.